The summed E-state index contributed by atoms with van der Waals surface area (Å²) in [5.74, 6) is -0.380. The average Bonchev–Trinajstić information content (AvgIpc) is 3.45. The van der Waals surface area contributed by atoms with Crippen LogP contribution in [0.15, 0.2) is 66.2 Å². The number of hydrogen-bond acceptors (Lipinski definition) is 7. The zero-order valence-corrected chi connectivity index (χ0v) is 22.0. The van der Waals surface area contributed by atoms with E-state index in [9.17, 15) is 14.7 Å². The van der Waals surface area contributed by atoms with Crippen LogP contribution in [0.4, 0.5) is 5.13 Å². The van der Waals surface area contributed by atoms with Crippen molar-refractivity contribution in [3.05, 3.63) is 88.5 Å². The van der Waals surface area contributed by atoms with Crippen LogP contribution >= 0.6 is 11.3 Å². The summed E-state index contributed by atoms with van der Waals surface area (Å²) in [4.78, 5) is 33.2. The van der Waals surface area contributed by atoms with Crippen molar-refractivity contribution in [3.8, 4) is 11.5 Å². The highest BCUT2D eigenvalue weighted by Gasteiger charge is 2.48. The number of hydrogen-bond donors (Lipinski definition) is 1. The fourth-order valence-electron chi connectivity index (χ4n) is 4.88. The van der Waals surface area contributed by atoms with Crippen LogP contribution in [0.2, 0.25) is 0 Å². The van der Waals surface area contributed by atoms with Crippen LogP contribution in [0.1, 0.15) is 48.1 Å². The second-order valence-electron chi connectivity index (χ2n) is 9.82. The third-order valence-corrected chi connectivity index (χ3v) is 7.94. The molecule has 1 fully saturated rings. The number of fused-ring (bicyclic) bond motifs is 2. The van der Waals surface area contributed by atoms with Crippen LogP contribution in [-0.4, -0.2) is 35.0 Å². The van der Waals surface area contributed by atoms with Gasteiger partial charge in [-0.3, -0.25) is 14.5 Å². The average molecular weight is 527 g/mol. The summed E-state index contributed by atoms with van der Waals surface area (Å²) in [6.45, 7) is 7.03. The molecule has 0 bridgehead atoms. The van der Waals surface area contributed by atoms with Crippen LogP contribution in [0.5, 0.6) is 11.5 Å². The molecule has 6 rings (SSSR count). The third kappa shape index (κ3) is 4.01. The zero-order chi connectivity index (χ0) is 26.6. The Morgan fingerprint density at radius 3 is 2.47 bits per heavy atom. The second-order valence-corrected chi connectivity index (χ2v) is 10.8. The number of aliphatic hydroxyl groups excluding tert-OH is 1. The van der Waals surface area contributed by atoms with Crippen LogP contribution < -0.4 is 14.4 Å². The van der Waals surface area contributed by atoms with Gasteiger partial charge in [0, 0.05) is 5.56 Å². The number of Topliss-reactive ketones (excluding diaryl/α,β-unsaturated/α-hetero) is 1. The quantitative estimate of drug-likeness (QED) is 0.196. The van der Waals surface area contributed by atoms with Gasteiger partial charge in [-0.05, 0) is 59.9 Å². The number of thiazole rings is 1. The first-order valence-electron chi connectivity index (χ1n) is 12.5. The maximum Gasteiger partial charge on any atom is 0.301 e. The highest BCUT2D eigenvalue weighted by molar-refractivity contribution is 7.22. The molecule has 0 unspecified atom stereocenters. The minimum atomic E-state index is -0.842. The van der Waals surface area contributed by atoms with Crippen molar-refractivity contribution in [1.82, 2.24) is 4.98 Å². The molecule has 1 saturated heterocycles. The van der Waals surface area contributed by atoms with Crippen LogP contribution in [0, 0.1) is 6.92 Å². The van der Waals surface area contributed by atoms with Crippen LogP contribution in [-0.2, 0) is 9.59 Å². The van der Waals surface area contributed by atoms with Gasteiger partial charge in [-0.1, -0.05) is 55.5 Å². The minimum absolute atomic E-state index is 0.0133. The molecule has 2 aliphatic heterocycles. The molecule has 8 heteroatoms. The maximum atomic E-state index is 13.5. The van der Waals surface area contributed by atoms with Gasteiger partial charge < -0.3 is 14.6 Å². The lowest BCUT2D eigenvalue weighted by Crippen LogP contribution is -2.29. The normalized spacial score (nSPS) is 18.5. The van der Waals surface area contributed by atoms with Crippen molar-refractivity contribution in [3.63, 3.8) is 0 Å². The molecule has 0 aliphatic carbocycles. The van der Waals surface area contributed by atoms with E-state index in [2.05, 4.69) is 13.8 Å². The number of rotatable bonds is 4. The second kappa shape index (κ2) is 9.29. The maximum absolute atomic E-state index is 13.5. The number of aliphatic hydroxyl groups is 1. The van der Waals surface area contributed by atoms with Crippen molar-refractivity contribution in [2.45, 2.75) is 32.7 Å². The standard InChI is InChI=1S/C30H26N2O5S/c1-16(2)18-5-7-19(8-6-18)26-25(27(33)20-9-11-22-23(15-20)37-13-12-36-22)28(34)29(35)32(26)30-31-21-10-4-17(3)14-24(21)38-30/h4-11,14-16,26,33H,12-13H2,1-3H3/b27-25+/t26-/m1/s1. The van der Waals surface area contributed by atoms with Gasteiger partial charge in [0.2, 0.25) is 0 Å². The van der Waals surface area contributed by atoms with Crippen LogP contribution in [0.25, 0.3) is 16.0 Å². The smallest absolute Gasteiger partial charge is 0.301 e. The summed E-state index contributed by atoms with van der Waals surface area (Å²) in [6.07, 6.45) is 0. The highest BCUT2D eigenvalue weighted by Crippen LogP contribution is 2.45. The highest BCUT2D eigenvalue weighted by atomic mass is 32.1. The molecule has 4 aromatic rings. The molecule has 0 spiro atoms. The Bertz CT molecular complexity index is 1620. The minimum Gasteiger partial charge on any atom is -0.507 e. The summed E-state index contributed by atoms with van der Waals surface area (Å²) in [5, 5.41) is 11.9. The Balaban J connectivity index is 1.53. The van der Waals surface area contributed by atoms with E-state index in [4.69, 9.17) is 14.5 Å². The van der Waals surface area contributed by atoms with Gasteiger partial charge in [-0.15, -0.1) is 0 Å². The number of aromatic nitrogens is 1. The number of benzene rings is 3. The zero-order valence-electron chi connectivity index (χ0n) is 21.2. The van der Waals surface area contributed by atoms with Crippen LogP contribution in [0.3, 0.4) is 0 Å². The molecule has 7 nitrogen and oxygen atoms in total. The van der Waals surface area contributed by atoms with Gasteiger partial charge in [0.1, 0.15) is 19.0 Å². The predicted molar refractivity (Wildman–Crippen MR) is 147 cm³/mol. The van der Waals surface area contributed by atoms with E-state index in [0.717, 1.165) is 21.3 Å². The Morgan fingerprint density at radius 2 is 1.74 bits per heavy atom. The van der Waals surface area contributed by atoms with Crippen molar-refractivity contribution >= 4 is 44.1 Å². The number of ketones is 1. The van der Waals surface area contributed by atoms with Gasteiger partial charge in [0.25, 0.3) is 5.78 Å². The Morgan fingerprint density at radius 1 is 1.00 bits per heavy atom. The molecule has 3 aromatic carbocycles. The van der Waals surface area contributed by atoms with Gasteiger partial charge in [0.05, 0.1) is 21.8 Å². The molecule has 0 radical (unpaired) electrons. The first-order valence-corrected chi connectivity index (χ1v) is 13.3. The number of amides is 1. The SMILES string of the molecule is Cc1ccc2nc(N3C(=O)C(=O)/C(=C(/O)c4ccc5c(c4)OCCO5)[C@H]3c3ccc(C(C)C)cc3)sc2c1. The summed E-state index contributed by atoms with van der Waals surface area (Å²) in [7, 11) is 0. The number of carbonyl (C=O) groups is 2. The Labute approximate surface area is 224 Å². The molecule has 1 amide bonds. The predicted octanol–water partition coefficient (Wildman–Crippen LogP) is 6.13. The fraction of sp³-hybridized carbons (Fsp3) is 0.233. The van der Waals surface area contributed by atoms with E-state index in [0.29, 0.717) is 46.9 Å². The molecular formula is C30H26N2O5S. The third-order valence-electron chi connectivity index (χ3n) is 6.92. The van der Waals surface area contributed by atoms with Crippen molar-refractivity contribution in [2.75, 3.05) is 18.1 Å². The molecule has 1 aromatic heterocycles. The lowest BCUT2D eigenvalue weighted by atomic mass is 9.93. The fourth-order valence-corrected chi connectivity index (χ4v) is 5.97. The Kier molecular flexibility index (Phi) is 5.91. The number of ether oxygens (including phenoxy) is 2. The summed E-state index contributed by atoms with van der Waals surface area (Å²) >= 11 is 1.35. The van der Waals surface area contributed by atoms with E-state index in [-0.39, 0.29) is 11.3 Å². The van der Waals surface area contributed by atoms with E-state index >= 15 is 0 Å². The first-order chi connectivity index (χ1) is 18.3. The van der Waals surface area contributed by atoms with E-state index in [1.54, 1.807) is 18.2 Å². The molecule has 1 atom stereocenters. The largest absolute Gasteiger partial charge is 0.507 e. The number of carbonyl (C=O) groups excluding carboxylic acids is 2. The van der Waals surface area contributed by atoms with Crippen molar-refractivity contribution in [1.29, 1.82) is 0 Å². The number of aryl methyl sites for hydroxylation is 1. The van der Waals surface area contributed by atoms with E-state index in [1.807, 2.05) is 49.4 Å². The topological polar surface area (TPSA) is 89.0 Å². The van der Waals surface area contributed by atoms with E-state index in [1.165, 1.54) is 16.2 Å². The lowest BCUT2D eigenvalue weighted by molar-refractivity contribution is -0.132. The van der Waals surface area contributed by atoms with Crippen molar-refractivity contribution < 1.29 is 24.2 Å². The molecule has 2 aliphatic rings. The monoisotopic (exact) mass is 526 g/mol. The molecule has 1 N–H and O–H groups in total. The molecule has 3 heterocycles. The lowest BCUT2D eigenvalue weighted by Gasteiger charge is -2.23. The summed E-state index contributed by atoms with van der Waals surface area (Å²) in [6, 6.07) is 17.8. The number of nitrogens with zero attached hydrogens (tertiary/aromatic N) is 2. The van der Waals surface area contributed by atoms with E-state index < -0.39 is 17.7 Å². The molecule has 192 valence electrons. The van der Waals surface area contributed by atoms with Gasteiger partial charge in [-0.25, -0.2) is 4.98 Å². The van der Waals surface area contributed by atoms with Gasteiger partial charge in [0.15, 0.2) is 16.6 Å². The molecular weight excluding hydrogens is 500 g/mol. The van der Waals surface area contributed by atoms with Crippen molar-refractivity contribution in [2.24, 2.45) is 0 Å². The Hall–Kier alpha value is -4.17. The molecule has 38 heavy (non-hydrogen) atoms. The van der Waals surface area contributed by atoms with Gasteiger partial charge >= 0.3 is 5.91 Å². The first kappa shape index (κ1) is 24.2. The number of anilines is 1. The molecule has 0 saturated carbocycles. The summed E-state index contributed by atoms with van der Waals surface area (Å²) < 4.78 is 12.2. The van der Waals surface area contributed by atoms with Gasteiger partial charge in [-0.2, -0.15) is 0 Å². The summed E-state index contributed by atoms with van der Waals surface area (Å²) in [5.41, 5.74) is 4.05.